The number of aromatic nitrogens is 1. The van der Waals surface area contributed by atoms with Crippen molar-refractivity contribution >= 4 is 5.71 Å². The van der Waals surface area contributed by atoms with E-state index in [2.05, 4.69) is 15.0 Å². The molecule has 2 aromatic rings. The summed E-state index contributed by atoms with van der Waals surface area (Å²) in [6.45, 7) is 1.88. The minimum Gasteiger partial charge on any atom is -0.350 e. The molecule has 120 valence electrons. The van der Waals surface area contributed by atoms with Crippen LogP contribution in [0, 0.1) is 6.92 Å². The van der Waals surface area contributed by atoms with Crippen molar-refractivity contribution in [3.05, 3.63) is 53.9 Å². The van der Waals surface area contributed by atoms with Crippen LogP contribution in [-0.4, -0.2) is 27.8 Å². The molecule has 0 saturated heterocycles. The van der Waals surface area contributed by atoms with Crippen LogP contribution in [0.5, 0.6) is 0 Å². The zero-order chi connectivity index (χ0) is 16.7. The van der Waals surface area contributed by atoms with Crippen molar-refractivity contribution in [1.82, 2.24) is 4.98 Å². The molecule has 0 saturated carbocycles. The molecule has 0 spiro atoms. The summed E-state index contributed by atoms with van der Waals surface area (Å²) in [4.78, 5) is 8.33. The lowest BCUT2D eigenvalue weighted by Gasteiger charge is -2.22. The number of aryl methyl sites for hydroxylation is 1. The molecule has 4 nitrogen and oxygen atoms in total. The third kappa shape index (κ3) is 2.92. The van der Waals surface area contributed by atoms with E-state index in [1.54, 1.807) is 30.5 Å². The highest BCUT2D eigenvalue weighted by atomic mass is 19.4. The third-order valence-electron chi connectivity index (χ3n) is 3.60. The minimum atomic E-state index is -4.90. The molecule has 23 heavy (non-hydrogen) atoms. The molecule has 7 heteroatoms. The first-order chi connectivity index (χ1) is 10.8. The van der Waals surface area contributed by atoms with E-state index in [1.807, 2.05) is 19.1 Å². The van der Waals surface area contributed by atoms with Gasteiger partial charge in [-0.25, -0.2) is 0 Å². The molecule has 1 N–H and O–H groups in total. The zero-order valence-corrected chi connectivity index (χ0v) is 12.1. The van der Waals surface area contributed by atoms with E-state index >= 15 is 0 Å². The number of alkyl halides is 3. The van der Waals surface area contributed by atoms with E-state index in [0.29, 0.717) is 5.56 Å². The van der Waals surface area contributed by atoms with Gasteiger partial charge >= 0.3 is 12.0 Å². The van der Waals surface area contributed by atoms with Gasteiger partial charge in [0, 0.05) is 11.9 Å². The highest BCUT2D eigenvalue weighted by molar-refractivity contribution is 6.01. The Labute approximate surface area is 130 Å². The summed E-state index contributed by atoms with van der Waals surface area (Å²) >= 11 is 0. The van der Waals surface area contributed by atoms with Crippen molar-refractivity contribution in [2.45, 2.75) is 25.3 Å². The SMILES string of the molecule is Cc1cc(-c2ccc(C3=NOC(O)(C(F)(F)F)C3)cc2)ccn1. The van der Waals surface area contributed by atoms with Gasteiger partial charge in [-0.15, -0.1) is 0 Å². The van der Waals surface area contributed by atoms with Crippen molar-refractivity contribution in [3.63, 3.8) is 0 Å². The van der Waals surface area contributed by atoms with Crippen LogP contribution < -0.4 is 0 Å². The fourth-order valence-corrected chi connectivity index (χ4v) is 2.31. The lowest BCUT2D eigenvalue weighted by Crippen LogP contribution is -2.45. The second kappa shape index (κ2) is 5.34. The number of rotatable bonds is 2. The Morgan fingerprint density at radius 1 is 1.09 bits per heavy atom. The zero-order valence-electron chi connectivity index (χ0n) is 12.1. The van der Waals surface area contributed by atoms with Crippen LogP contribution in [0.25, 0.3) is 11.1 Å². The Morgan fingerprint density at radius 3 is 2.30 bits per heavy atom. The summed E-state index contributed by atoms with van der Waals surface area (Å²) in [6.07, 6.45) is -3.94. The number of hydrogen-bond acceptors (Lipinski definition) is 4. The second-order valence-electron chi connectivity index (χ2n) is 5.35. The normalized spacial score (nSPS) is 21.0. The van der Waals surface area contributed by atoms with Crippen LogP contribution in [0.2, 0.25) is 0 Å². The van der Waals surface area contributed by atoms with E-state index in [-0.39, 0.29) is 5.71 Å². The van der Waals surface area contributed by atoms with Gasteiger partial charge in [-0.1, -0.05) is 29.4 Å². The van der Waals surface area contributed by atoms with Gasteiger partial charge in [0.1, 0.15) is 0 Å². The molecule has 1 aliphatic rings. The largest absolute Gasteiger partial charge is 0.458 e. The van der Waals surface area contributed by atoms with E-state index in [9.17, 15) is 18.3 Å². The van der Waals surface area contributed by atoms with Gasteiger partial charge in [-0.05, 0) is 35.7 Å². The number of pyridine rings is 1. The summed E-state index contributed by atoms with van der Waals surface area (Å²) in [6, 6.07) is 10.6. The van der Waals surface area contributed by atoms with Gasteiger partial charge in [-0.3, -0.25) is 4.98 Å². The van der Waals surface area contributed by atoms with Gasteiger partial charge in [0.05, 0.1) is 12.1 Å². The Balaban J connectivity index is 1.82. The van der Waals surface area contributed by atoms with Gasteiger partial charge in [0.25, 0.3) is 0 Å². The molecule has 0 radical (unpaired) electrons. The van der Waals surface area contributed by atoms with Gasteiger partial charge in [-0.2, -0.15) is 13.2 Å². The summed E-state index contributed by atoms with van der Waals surface area (Å²) in [5.41, 5.74) is 3.27. The molecule has 1 aromatic carbocycles. The lowest BCUT2D eigenvalue weighted by atomic mass is 9.99. The predicted molar refractivity (Wildman–Crippen MR) is 77.7 cm³/mol. The molecule has 0 aliphatic carbocycles. The van der Waals surface area contributed by atoms with E-state index in [4.69, 9.17) is 0 Å². The topological polar surface area (TPSA) is 54.7 Å². The van der Waals surface area contributed by atoms with Gasteiger partial charge < -0.3 is 9.94 Å². The fourth-order valence-electron chi connectivity index (χ4n) is 2.31. The Hall–Kier alpha value is -2.41. The van der Waals surface area contributed by atoms with Gasteiger partial charge in [0.2, 0.25) is 0 Å². The number of oxime groups is 1. The number of hydrogen-bond donors (Lipinski definition) is 1. The van der Waals surface area contributed by atoms with Crippen molar-refractivity contribution in [2.75, 3.05) is 0 Å². The van der Waals surface area contributed by atoms with Crippen LogP contribution in [0.4, 0.5) is 13.2 Å². The maximum absolute atomic E-state index is 12.7. The molecule has 0 amide bonds. The van der Waals surface area contributed by atoms with Crippen LogP contribution in [-0.2, 0) is 4.84 Å². The van der Waals surface area contributed by atoms with Gasteiger partial charge in [0.15, 0.2) is 0 Å². The average Bonchev–Trinajstić information content (AvgIpc) is 2.91. The first kappa shape index (κ1) is 15.5. The summed E-state index contributed by atoms with van der Waals surface area (Å²) < 4.78 is 38.1. The lowest BCUT2D eigenvalue weighted by molar-refractivity contribution is -0.355. The van der Waals surface area contributed by atoms with Crippen LogP contribution in [0.1, 0.15) is 17.7 Å². The second-order valence-corrected chi connectivity index (χ2v) is 5.35. The minimum absolute atomic E-state index is 0.0577. The number of nitrogens with zero attached hydrogens (tertiary/aromatic N) is 2. The first-order valence-electron chi connectivity index (χ1n) is 6.86. The molecule has 2 heterocycles. The molecule has 1 aromatic heterocycles. The quantitative estimate of drug-likeness (QED) is 0.921. The maximum Gasteiger partial charge on any atom is 0.458 e. The Morgan fingerprint density at radius 2 is 1.74 bits per heavy atom. The van der Waals surface area contributed by atoms with E-state index in [0.717, 1.165) is 16.8 Å². The first-order valence-corrected chi connectivity index (χ1v) is 6.86. The molecule has 1 aliphatic heterocycles. The van der Waals surface area contributed by atoms with E-state index < -0.39 is 18.4 Å². The molecule has 1 unspecified atom stereocenters. The third-order valence-corrected chi connectivity index (χ3v) is 3.60. The van der Waals surface area contributed by atoms with Crippen molar-refractivity contribution in [2.24, 2.45) is 5.16 Å². The maximum atomic E-state index is 12.7. The number of aliphatic hydroxyl groups is 1. The van der Waals surface area contributed by atoms with Crippen molar-refractivity contribution in [3.8, 4) is 11.1 Å². The Bertz CT molecular complexity index is 757. The van der Waals surface area contributed by atoms with Crippen LogP contribution in [0.15, 0.2) is 47.8 Å². The molecule has 3 rings (SSSR count). The number of benzene rings is 1. The van der Waals surface area contributed by atoms with Crippen LogP contribution >= 0.6 is 0 Å². The smallest absolute Gasteiger partial charge is 0.350 e. The monoisotopic (exact) mass is 322 g/mol. The van der Waals surface area contributed by atoms with E-state index in [1.165, 1.54) is 0 Å². The summed E-state index contributed by atoms with van der Waals surface area (Å²) in [5, 5.41) is 12.8. The standard InChI is InChI=1S/C16H13F3N2O2/c1-10-8-13(6-7-20-10)11-2-4-12(5-3-11)14-9-15(22,23-21-14)16(17,18)19/h2-8,22H,9H2,1H3. The summed E-state index contributed by atoms with van der Waals surface area (Å²) in [5.74, 6) is -3.25. The molecule has 0 bridgehead atoms. The van der Waals surface area contributed by atoms with Crippen molar-refractivity contribution < 1.29 is 23.1 Å². The fraction of sp³-hybridized carbons (Fsp3) is 0.250. The highest BCUT2D eigenvalue weighted by Crippen LogP contribution is 2.39. The highest BCUT2D eigenvalue weighted by Gasteiger charge is 2.60. The average molecular weight is 322 g/mol. The molecule has 1 atom stereocenters. The molecular weight excluding hydrogens is 309 g/mol. The van der Waals surface area contributed by atoms with Crippen LogP contribution in [0.3, 0.4) is 0 Å². The summed E-state index contributed by atoms with van der Waals surface area (Å²) in [7, 11) is 0. The Kier molecular flexibility index (Phi) is 3.60. The molecule has 0 fully saturated rings. The molecular formula is C16H13F3N2O2. The number of halogens is 3. The predicted octanol–water partition coefficient (Wildman–Crippen LogP) is 3.43. The van der Waals surface area contributed by atoms with Crippen molar-refractivity contribution in [1.29, 1.82) is 0 Å².